The first kappa shape index (κ1) is 22.3. The summed E-state index contributed by atoms with van der Waals surface area (Å²) in [6.07, 6.45) is 3.88. The molecule has 3 aromatic heterocycles. The number of hydrogen-bond donors (Lipinski definition) is 2. The fourth-order valence-corrected chi connectivity index (χ4v) is 3.94. The Kier molecular flexibility index (Phi) is 5.77. The minimum Gasteiger partial charge on any atom is -0.354 e. The van der Waals surface area contributed by atoms with Crippen LogP contribution in [0.1, 0.15) is 11.3 Å². The number of pyridine rings is 1. The maximum absolute atomic E-state index is 14.7. The topological polar surface area (TPSA) is 88.5 Å². The van der Waals surface area contributed by atoms with Crippen LogP contribution in [0.4, 0.5) is 19.1 Å². The minimum atomic E-state index is -0.911. The maximum atomic E-state index is 14.7. The van der Waals surface area contributed by atoms with E-state index in [0.29, 0.717) is 35.2 Å². The molecule has 0 aliphatic heterocycles. The van der Waals surface area contributed by atoms with Gasteiger partial charge < -0.3 is 10.3 Å². The first-order chi connectivity index (χ1) is 16.9. The normalized spacial score (nSPS) is 11.2. The van der Waals surface area contributed by atoms with Crippen molar-refractivity contribution in [3.63, 3.8) is 0 Å². The van der Waals surface area contributed by atoms with Crippen LogP contribution >= 0.6 is 0 Å². The first-order valence-corrected chi connectivity index (χ1v) is 10.8. The summed E-state index contributed by atoms with van der Waals surface area (Å²) in [6, 6.07) is 10.3. The number of halogens is 3. The summed E-state index contributed by atoms with van der Waals surface area (Å²) in [7, 11) is 0. The van der Waals surface area contributed by atoms with E-state index in [1.807, 2.05) is 0 Å². The van der Waals surface area contributed by atoms with Gasteiger partial charge in [-0.15, -0.1) is 0 Å². The van der Waals surface area contributed by atoms with Crippen molar-refractivity contribution in [2.75, 3.05) is 11.9 Å². The third kappa shape index (κ3) is 4.25. The van der Waals surface area contributed by atoms with Crippen molar-refractivity contribution in [3.8, 4) is 16.9 Å². The Bertz CT molecular complexity index is 1580. The van der Waals surface area contributed by atoms with Crippen molar-refractivity contribution < 1.29 is 13.2 Å². The van der Waals surface area contributed by atoms with E-state index in [4.69, 9.17) is 0 Å². The maximum Gasteiger partial charge on any atom is 0.256 e. The van der Waals surface area contributed by atoms with Gasteiger partial charge >= 0.3 is 0 Å². The zero-order valence-electron chi connectivity index (χ0n) is 18.5. The van der Waals surface area contributed by atoms with Crippen molar-refractivity contribution in [1.29, 1.82) is 0 Å². The molecular weight excluding hydrogens is 457 g/mol. The van der Waals surface area contributed by atoms with Crippen molar-refractivity contribution >= 4 is 17.0 Å². The van der Waals surface area contributed by atoms with Crippen molar-refractivity contribution in [2.45, 2.75) is 13.3 Å². The number of aromatic nitrogens is 5. The molecule has 0 amide bonds. The third-order valence-corrected chi connectivity index (χ3v) is 5.57. The molecule has 3 heterocycles. The molecule has 0 saturated carbocycles. The zero-order valence-corrected chi connectivity index (χ0v) is 18.5. The lowest BCUT2D eigenvalue weighted by molar-refractivity contribution is 0.568. The number of benzene rings is 2. The summed E-state index contributed by atoms with van der Waals surface area (Å²) in [5.41, 5.74) is 1.21. The highest BCUT2D eigenvalue weighted by Gasteiger charge is 2.20. The van der Waals surface area contributed by atoms with Gasteiger partial charge in [0.2, 0.25) is 5.95 Å². The second-order valence-corrected chi connectivity index (χ2v) is 7.91. The molecular formula is C25H19F3N6O. The van der Waals surface area contributed by atoms with E-state index in [9.17, 15) is 18.0 Å². The molecule has 7 nitrogen and oxygen atoms in total. The lowest BCUT2D eigenvalue weighted by Gasteiger charge is -2.16. The van der Waals surface area contributed by atoms with Crippen LogP contribution in [-0.4, -0.2) is 31.0 Å². The van der Waals surface area contributed by atoms with Gasteiger partial charge in [-0.2, -0.15) is 4.98 Å². The number of aryl methyl sites for hydroxylation is 1. The summed E-state index contributed by atoms with van der Waals surface area (Å²) in [5, 5.41) is 3.47. The van der Waals surface area contributed by atoms with Crippen LogP contribution in [0.25, 0.3) is 28.0 Å². The number of para-hydroxylation sites is 1. The SMILES string of the molecule is Cc1cc(F)ccc1-c1nc(NCCc2c[nH]cn2)nc2c1ccc(=O)n2-c1c(F)cccc1F. The van der Waals surface area contributed by atoms with E-state index in [2.05, 4.69) is 25.3 Å². The predicted octanol–water partition coefficient (Wildman–Crippen LogP) is 4.55. The number of nitrogens with zero attached hydrogens (tertiary/aromatic N) is 4. The lowest BCUT2D eigenvalue weighted by Crippen LogP contribution is -2.22. The molecule has 0 radical (unpaired) electrons. The second kappa shape index (κ2) is 9.05. The van der Waals surface area contributed by atoms with E-state index in [1.165, 1.54) is 30.3 Å². The van der Waals surface area contributed by atoms with Gasteiger partial charge in [0.05, 0.1) is 17.7 Å². The van der Waals surface area contributed by atoms with Gasteiger partial charge in [0.1, 0.15) is 23.1 Å². The Hall–Kier alpha value is -4.47. The van der Waals surface area contributed by atoms with E-state index in [-0.39, 0.29) is 11.6 Å². The largest absolute Gasteiger partial charge is 0.354 e. The van der Waals surface area contributed by atoms with Gasteiger partial charge in [0, 0.05) is 36.2 Å². The minimum absolute atomic E-state index is 0.0116. The average molecular weight is 476 g/mol. The number of aromatic amines is 1. The fourth-order valence-electron chi connectivity index (χ4n) is 3.94. The third-order valence-electron chi connectivity index (χ3n) is 5.57. The molecule has 10 heteroatoms. The van der Waals surface area contributed by atoms with Crippen molar-refractivity contribution in [2.24, 2.45) is 0 Å². The van der Waals surface area contributed by atoms with Crippen LogP contribution < -0.4 is 10.9 Å². The molecule has 2 N–H and O–H groups in total. The molecule has 0 unspecified atom stereocenters. The molecule has 0 bridgehead atoms. The number of anilines is 1. The second-order valence-electron chi connectivity index (χ2n) is 7.91. The van der Waals surface area contributed by atoms with Crippen LogP contribution in [0, 0.1) is 24.4 Å². The molecule has 35 heavy (non-hydrogen) atoms. The van der Waals surface area contributed by atoms with E-state index in [0.717, 1.165) is 22.4 Å². The van der Waals surface area contributed by atoms with Crippen LogP contribution in [0.5, 0.6) is 0 Å². The van der Waals surface area contributed by atoms with E-state index < -0.39 is 28.7 Å². The van der Waals surface area contributed by atoms with Crippen molar-refractivity contribution in [3.05, 3.63) is 100 Å². The zero-order chi connectivity index (χ0) is 24.5. The molecule has 0 fully saturated rings. The molecule has 2 aromatic carbocycles. The quantitative estimate of drug-likeness (QED) is 0.375. The molecule has 176 valence electrons. The molecule has 5 rings (SSSR count). The smallest absolute Gasteiger partial charge is 0.256 e. The first-order valence-electron chi connectivity index (χ1n) is 10.8. The van der Waals surface area contributed by atoms with Gasteiger partial charge in [-0.1, -0.05) is 6.07 Å². The highest BCUT2D eigenvalue weighted by atomic mass is 19.1. The highest BCUT2D eigenvalue weighted by molar-refractivity contribution is 5.93. The average Bonchev–Trinajstić information content (AvgIpc) is 3.33. The van der Waals surface area contributed by atoms with Crippen LogP contribution in [0.15, 0.2) is 65.8 Å². The number of H-pyrrole nitrogens is 1. The lowest BCUT2D eigenvalue weighted by atomic mass is 10.0. The molecule has 0 saturated heterocycles. The Morgan fingerprint density at radius 1 is 1.03 bits per heavy atom. The van der Waals surface area contributed by atoms with Crippen molar-refractivity contribution in [1.82, 2.24) is 24.5 Å². The van der Waals surface area contributed by atoms with E-state index >= 15 is 0 Å². The number of fused-ring (bicyclic) bond motifs is 1. The summed E-state index contributed by atoms with van der Waals surface area (Å²) in [6.45, 7) is 2.13. The fraction of sp³-hybridized carbons (Fsp3) is 0.120. The number of imidazole rings is 1. The summed E-state index contributed by atoms with van der Waals surface area (Å²) >= 11 is 0. The van der Waals surface area contributed by atoms with Gasteiger partial charge in [0.15, 0.2) is 5.65 Å². The Labute approximate surface area is 197 Å². The monoisotopic (exact) mass is 476 g/mol. The number of hydrogen-bond acceptors (Lipinski definition) is 5. The molecule has 0 aliphatic rings. The van der Waals surface area contributed by atoms with Crippen LogP contribution in [0.2, 0.25) is 0 Å². The Morgan fingerprint density at radius 3 is 2.54 bits per heavy atom. The molecule has 0 spiro atoms. The van der Waals surface area contributed by atoms with Gasteiger partial charge in [0.25, 0.3) is 5.56 Å². The molecule has 0 aliphatic carbocycles. The van der Waals surface area contributed by atoms with Crippen LogP contribution in [-0.2, 0) is 6.42 Å². The van der Waals surface area contributed by atoms with E-state index in [1.54, 1.807) is 25.5 Å². The van der Waals surface area contributed by atoms with Gasteiger partial charge in [-0.05, 0) is 48.9 Å². The predicted molar refractivity (Wildman–Crippen MR) is 126 cm³/mol. The number of nitrogens with one attached hydrogen (secondary N) is 2. The number of rotatable bonds is 6. The summed E-state index contributed by atoms with van der Waals surface area (Å²) < 4.78 is 44.1. The van der Waals surface area contributed by atoms with Crippen LogP contribution in [0.3, 0.4) is 0 Å². The Morgan fingerprint density at radius 2 is 1.83 bits per heavy atom. The standard InChI is InChI=1S/C25H19F3N6O/c1-14-11-15(26)5-6-17(14)22-18-7-8-21(35)34(23-19(27)3-2-4-20(23)28)24(18)33-25(32-22)30-10-9-16-12-29-13-31-16/h2-8,11-13H,9-10H2,1H3,(H,29,31)(H,30,32,33). The summed E-state index contributed by atoms with van der Waals surface area (Å²) in [4.78, 5) is 29.0. The summed E-state index contributed by atoms with van der Waals surface area (Å²) in [5.74, 6) is -2.09. The highest BCUT2D eigenvalue weighted by Crippen LogP contribution is 2.31. The molecule has 5 aromatic rings. The van der Waals surface area contributed by atoms with Gasteiger partial charge in [-0.3, -0.25) is 9.36 Å². The Balaban J connectivity index is 1.74. The van der Waals surface area contributed by atoms with Gasteiger partial charge in [-0.25, -0.2) is 23.1 Å². The molecule has 0 atom stereocenters.